The van der Waals surface area contributed by atoms with Crippen molar-refractivity contribution >= 4 is 27.1 Å². The molecule has 1 amide bonds. The highest BCUT2D eigenvalue weighted by Crippen LogP contribution is 2.20. The Morgan fingerprint density at radius 1 is 1.50 bits per heavy atom. The topological polar surface area (TPSA) is 63.7 Å². The highest BCUT2D eigenvalue weighted by atomic mass is 32.2. The van der Waals surface area contributed by atoms with Crippen molar-refractivity contribution in [2.45, 2.75) is 31.7 Å². The van der Waals surface area contributed by atoms with Crippen molar-refractivity contribution in [3.63, 3.8) is 0 Å². The predicted octanol–water partition coefficient (Wildman–Crippen LogP) is 1.73. The Labute approximate surface area is 136 Å². The number of rotatable bonds is 8. The Kier molecular flexibility index (Phi) is 6.40. The first-order chi connectivity index (χ1) is 10.5. The van der Waals surface area contributed by atoms with Gasteiger partial charge in [0.25, 0.3) is 0 Å². The van der Waals surface area contributed by atoms with Crippen LogP contribution in [0.1, 0.15) is 24.1 Å². The van der Waals surface area contributed by atoms with Crippen molar-refractivity contribution in [2.24, 2.45) is 0 Å². The Balaban J connectivity index is 1.95. The minimum Gasteiger partial charge on any atom is -0.385 e. The van der Waals surface area contributed by atoms with Crippen molar-refractivity contribution in [1.82, 2.24) is 4.90 Å². The Bertz CT molecular complexity index is 568. The van der Waals surface area contributed by atoms with Crippen LogP contribution in [0.15, 0.2) is 17.5 Å². The van der Waals surface area contributed by atoms with Crippen molar-refractivity contribution in [3.8, 4) is 0 Å². The van der Waals surface area contributed by atoms with Crippen LogP contribution in [0, 0.1) is 0 Å². The summed E-state index contributed by atoms with van der Waals surface area (Å²) in [4.78, 5) is 15.5. The van der Waals surface area contributed by atoms with Gasteiger partial charge in [-0.25, -0.2) is 8.42 Å². The van der Waals surface area contributed by atoms with Crippen molar-refractivity contribution in [3.05, 3.63) is 22.4 Å². The second-order valence-electron chi connectivity index (χ2n) is 5.57. The Morgan fingerprint density at radius 2 is 2.32 bits per heavy atom. The van der Waals surface area contributed by atoms with Gasteiger partial charge in [0.05, 0.1) is 11.5 Å². The van der Waals surface area contributed by atoms with E-state index in [0.29, 0.717) is 26.0 Å². The lowest BCUT2D eigenvalue weighted by Gasteiger charge is -2.28. The number of methoxy groups -OCH3 is 1. The maximum atomic E-state index is 12.5. The van der Waals surface area contributed by atoms with Gasteiger partial charge in [0.2, 0.25) is 5.91 Å². The molecule has 1 saturated heterocycles. The Morgan fingerprint density at radius 3 is 2.91 bits per heavy atom. The largest absolute Gasteiger partial charge is 0.385 e. The van der Waals surface area contributed by atoms with Gasteiger partial charge in [-0.05, 0) is 30.7 Å². The molecule has 5 nitrogen and oxygen atoms in total. The molecule has 1 atom stereocenters. The highest BCUT2D eigenvalue weighted by molar-refractivity contribution is 7.91. The number of hydrogen-bond donors (Lipinski definition) is 0. The van der Waals surface area contributed by atoms with E-state index in [4.69, 9.17) is 4.74 Å². The summed E-state index contributed by atoms with van der Waals surface area (Å²) in [5, 5.41) is 2.00. The highest BCUT2D eigenvalue weighted by Gasteiger charge is 2.34. The molecule has 2 rings (SSSR count). The molecule has 0 N–H and O–H groups in total. The van der Waals surface area contributed by atoms with Crippen LogP contribution in [-0.4, -0.2) is 57.0 Å². The summed E-state index contributed by atoms with van der Waals surface area (Å²) in [7, 11) is -1.36. The van der Waals surface area contributed by atoms with Gasteiger partial charge in [0, 0.05) is 37.6 Å². The second-order valence-corrected chi connectivity index (χ2v) is 8.83. The maximum Gasteiger partial charge on any atom is 0.223 e. The van der Waals surface area contributed by atoms with Gasteiger partial charge >= 0.3 is 0 Å². The third-order valence-corrected chi connectivity index (χ3v) is 6.57. The van der Waals surface area contributed by atoms with Crippen LogP contribution in [0.25, 0.3) is 0 Å². The van der Waals surface area contributed by atoms with Crippen LogP contribution in [0.5, 0.6) is 0 Å². The molecule has 0 unspecified atom stereocenters. The van der Waals surface area contributed by atoms with Gasteiger partial charge in [0.1, 0.15) is 0 Å². The molecule has 2 heterocycles. The normalized spacial score (nSPS) is 20.1. The van der Waals surface area contributed by atoms with E-state index in [1.54, 1.807) is 23.3 Å². The molecule has 0 saturated carbocycles. The van der Waals surface area contributed by atoms with Crippen molar-refractivity contribution in [2.75, 3.05) is 31.8 Å². The fraction of sp³-hybridized carbons (Fsp3) is 0.667. The lowest BCUT2D eigenvalue weighted by molar-refractivity contribution is -0.133. The summed E-state index contributed by atoms with van der Waals surface area (Å²) in [5.74, 6) is 0.341. The van der Waals surface area contributed by atoms with Gasteiger partial charge < -0.3 is 9.64 Å². The minimum absolute atomic E-state index is 0.0478. The van der Waals surface area contributed by atoms with Gasteiger partial charge in [-0.3, -0.25) is 4.79 Å². The summed E-state index contributed by atoms with van der Waals surface area (Å²) in [6.07, 6.45) is 2.44. The molecule has 1 fully saturated rings. The van der Waals surface area contributed by atoms with Crippen LogP contribution in [-0.2, 0) is 25.8 Å². The monoisotopic (exact) mass is 345 g/mol. The standard InChI is InChI=1S/C15H23NO4S2/c1-20-9-3-8-16(13-7-11-22(18,19)12-13)15(17)6-5-14-4-2-10-21-14/h2,4,10,13H,3,5-9,11-12H2,1H3/t13-/m0/s1. The molecule has 0 bridgehead atoms. The molecule has 7 heteroatoms. The number of ether oxygens (including phenoxy) is 1. The lowest BCUT2D eigenvalue weighted by atomic mass is 10.1. The van der Waals surface area contributed by atoms with E-state index in [2.05, 4.69) is 0 Å². The molecular formula is C15H23NO4S2. The molecule has 1 aromatic rings. The van der Waals surface area contributed by atoms with Gasteiger partial charge in [-0.1, -0.05) is 6.07 Å². The van der Waals surface area contributed by atoms with Crippen LogP contribution in [0.2, 0.25) is 0 Å². The number of sulfone groups is 1. The van der Waals surface area contributed by atoms with Crippen LogP contribution in [0.4, 0.5) is 0 Å². The van der Waals surface area contributed by atoms with Crippen molar-refractivity contribution in [1.29, 1.82) is 0 Å². The summed E-state index contributed by atoms with van der Waals surface area (Å²) in [6.45, 7) is 1.14. The maximum absolute atomic E-state index is 12.5. The van der Waals surface area contributed by atoms with Crippen LogP contribution in [0.3, 0.4) is 0 Å². The van der Waals surface area contributed by atoms with E-state index in [9.17, 15) is 13.2 Å². The molecule has 124 valence electrons. The summed E-state index contributed by atoms with van der Waals surface area (Å²) < 4.78 is 28.4. The summed E-state index contributed by atoms with van der Waals surface area (Å²) >= 11 is 1.64. The number of carbonyl (C=O) groups excluding carboxylic acids is 1. The minimum atomic E-state index is -2.99. The first kappa shape index (κ1) is 17.4. The van der Waals surface area contributed by atoms with E-state index in [1.165, 1.54) is 4.88 Å². The molecule has 0 aliphatic carbocycles. The van der Waals surface area contributed by atoms with E-state index < -0.39 is 9.84 Å². The third kappa shape index (κ3) is 5.07. The number of hydrogen-bond acceptors (Lipinski definition) is 5. The summed E-state index contributed by atoms with van der Waals surface area (Å²) in [5.41, 5.74) is 0. The molecule has 0 aromatic carbocycles. The quantitative estimate of drug-likeness (QED) is 0.673. The number of carbonyl (C=O) groups is 1. The average molecular weight is 345 g/mol. The molecule has 22 heavy (non-hydrogen) atoms. The zero-order valence-corrected chi connectivity index (χ0v) is 14.5. The van der Waals surface area contributed by atoms with E-state index in [1.807, 2.05) is 17.5 Å². The zero-order valence-electron chi connectivity index (χ0n) is 12.9. The van der Waals surface area contributed by atoms with Gasteiger partial charge in [-0.2, -0.15) is 0 Å². The van der Waals surface area contributed by atoms with Crippen LogP contribution < -0.4 is 0 Å². The first-order valence-corrected chi connectivity index (χ1v) is 10.2. The summed E-state index contributed by atoms with van der Waals surface area (Å²) in [6, 6.07) is 3.83. The SMILES string of the molecule is COCCCN(C(=O)CCc1cccs1)[C@H]1CCS(=O)(=O)C1. The predicted molar refractivity (Wildman–Crippen MR) is 87.9 cm³/mol. The number of thiophene rings is 1. The number of aryl methyl sites for hydroxylation is 1. The zero-order chi connectivity index (χ0) is 16.0. The Hall–Kier alpha value is -0.920. The van der Waals surface area contributed by atoms with Crippen LogP contribution >= 0.6 is 11.3 Å². The van der Waals surface area contributed by atoms with E-state index in [-0.39, 0.29) is 23.5 Å². The lowest BCUT2D eigenvalue weighted by Crippen LogP contribution is -2.42. The van der Waals surface area contributed by atoms with E-state index >= 15 is 0 Å². The molecule has 1 aliphatic heterocycles. The number of amides is 1. The smallest absolute Gasteiger partial charge is 0.223 e. The van der Waals surface area contributed by atoms with Crippen molar-refractivity contribution < 1.29 is 17.9 Å². The van der Waals surface area contributed by atoms with Gasteiger partial charge in [0.15, 0.2) is 9.84 Å². The molecule has 1 aromatic heterocycles. The van der Waals surface area contributed by atoms with E-state index in [0.717, 1.165) is 12.8 Å². The van der Waals surface area contributed by atoms with Gasteiger partial charge in [-0.15, -0.1) is 11.3 Å². The molecule has 1 aliphatic rings. The fourth-order valence-electron chi connectivity index (χ4n) is 2.74. The molecular weight excluding hydrogens is 322 g/mol. The second kappa shape index (κ2) is 8.08. The molecule has 0 radical (unpaired) electrons. The fourth-order valence-corrected chi connectivity index (χ4v) is 5.18. The first-order valence-electron chi connectivity index (χ1n) is 7.53. The molecule has 0 spiro atoms. The average Bonchev–Trinajstić information content (AvgIpc) is 3.10. The third-order valence-electron chi connectivity index (χ3n) is 3.88. The number of nitrogens with zero attached hydrogens (tertiary/aromatic N) is 1.